The van der Waals surface area contributed by atoms with Gasteiger partial charge in [-0.05, 0) is 56.9 Å². The lowest BCUT2D eigenvalue weighted by Gasteiger charge is -2.32. The van der Waals surface area contributed by atoms with Crippen molar-refractivity contribution in [1.82, 2.24) is 5.32 Å². The summed E-state index contributed by atoms with van der Waals surface area (Å²) in [6, 6.07) is 15.9. The largest absolute Gasteiger partial charge is 0.495 e. The van der Waals surface area contributed by atoms with Crippen molar-refractivity contribution in [2.75, 3.05) is 12.8 Å². The van der Waals surface area contributed by atoms with Crippen molar-refractivity contribution < 1.29 is 4.74 Å². The number of anilines is 1. The molecule has 0 bridgehead atoms. The lowest BCUT2D eigenvalue weighted by atomic mass is 9.94. The molecule has 0 aliphatic heterocycles. The van der Waals surface area contributed by atoms with Crippen LogP contribution in [0.3, 0.4) is 0 Å². The minimum absolute atomic E-state index is 0.451. The van der Waals surface area contributed by atoms with E-state index in [9.17, 15) is 0 Å². The Hall–Kier alpha value is -3.16. The van der Waals surface area contributed by atoms with Gasteiger partial charge in [0, 0.05) is 5.70 Å². The molecule has 1 unspecified atom stereocenters. The minimum atomic E-state index is -0.451. The van der Waals surface area contributed by atoms with E-state index < -0.39 is 5.66 Å². The van der Waals surface area contributed by atoms with E-state index in [1.54, 1.807) is 7.11 Å². The molecule has 4 nitrogen and oxygen atoms in total. The number of hydrogen-bond acceptors (Lipinski definition) is 4. The molecule has 2 rings (SSSR count). The molecule has 0 radical (unpaired) electrons. The molecular weight excluding hydrogens is 382 g/mol. The second kappa shape index (κ2) is 14.8. The van der Waals surface area contributed by atoms with Gasteiger partial charge >= 0.3 is 0 Å². The molecule has 0 saturated carbocycles. The summed E-state index contributed by atoms with van der Waals surface area (Å²) in [7, 11) is 1.61. The molecule has 0 amide bonds. The van der Waals surface area contributed by atoms with Crippen LogP contribution in [0.4, 0.5) is 5.69 Å². The number of rotatable bonds is 8. The number of nitrogens with two attached hydrogens (primary N) is 2. The van der Waals surface area contributed by atoms with Crippen LogP contribution in [-0.4, -0.2) is 7.11 Å². The Morgan fingerprint density at radius 1 is 1.16 bits per heavy atom. The molecule has 0 aliphatic rings. The fourth-order valence-electron chi connectivity index (χ4n) is 2.87. The van der Waals surface area contributed by atoms with Gasteiger partial charge in [0.1, 0.15) is 11.4 Å². The SMILES string of the molecule is C#C.C/C=C(\C)NC(N)(CCCC)c1ccccc1.C=C(C)c1ccc(N)c(OC)c1. The summed E-state index contributed by atoms with van der Waals surface area (Å²) in [4.78, 5) is 0. The minimum Gasteiger partial charge on any atom is -0.495 e. The first-order valence-electron chi connectivity index (χ1n) is 10.5. The topological polar surface area (TPSA) is 73.3 Å². The number of methoxy groups -OCH3 is 1. The molecular formula is C27H39N3O. The van der Waals surface area contributed by atoms with Gasteiger partial charge in [0.15, 0.2) is 0 Å². The third-order valence-corrected chi connectivity index (χ3v) is 4.79. The average molecular weight is 422 g/mol. The second-order valence-corrected chi connectivity index (χ2v) is 7.27. The Labute approximate surface area is 189 Å². The van der Waals surface area contributed by atoms with Gasteiger partial charge in [-0.1, -0.05) is 68.0 Å². The zero-order chi connectivity index (χ0) is 23.9. The number of nitrogens with one attached hydrogen (secondary N) is 1. The van der Waals surface area contributed by atoms with Crippen LogP contribution >= 0.6 is 0 Å². The number of unbranched alkanes of at least 4 members (excludes halogenated alkanes) is 1. The predicted octanol–water partition coefficient (Wildman–Crippen LogP) is 6.06. The summed E-state index contributed by atoms with van der Waals surface area (Å²) >= 11 is 0. The van der Waals surface area contributed by atoms with Crippen molar-refractivity contribution in [3.63, 3.8) is 0 Å². The number of allylic oxidation sites excluding steroid dienone is 3. The molecule has 5 N–H and O–H groups in total. The number of ether oxygens (including phenoxy) is 1. The summed E-state index contributed by atoms with van der Waals surface area (Å²) in [5.41, 5.74) is 16.7. The first-order chi connectivity index (χ1) is 14.8. The Kier molecular flexibility index (Phi) is 13.3. The maximum absolute atomic E-state index is 6.53. The zero-order valence-corrected chi connectivity index (χ0v) is 19.7. The normalized spacial score (nSPS) is 12.2. The fourth-order valence-corrected chi connectivity index (χ4v) is 2.87. The van der Waals surface area contributed by atoms with E-state index in [0.29, 0.717) is 11.4 Å². The molecule has 0 heterocycles. The first kappa shape index (κ1) is 27.8. The van der Waals surface area contributed by atoms with Gasteiger partial charge in [-0.15, -0.1) is 12.8 Å². The van der Waals surface area contributed by atoms with Crippen LogP contribution in [0, 0.1) is 12.8 Å². The summed E-state index contributed by atoms with van der Waals surface area (Å²) in [5, 5.41) is 3.43. The van der Waals surface area contributed by atoms with E-state index in [1.807, 2.05) is 50.2 Å². The van der Waals surface area contributed by atoms with E-state index in [4.69, 9.17) is 16.2 Å². The maximum atomic E-state index is 6.53. The number of hydrogen-bond donors (Lipinski definition) is 3. The lowest BCUT2D eigenvalue weighted by Crippen LogP contribution is -2.49. The van der Waals surface area contributed by atoms with Gasteiger partial charge in [-0.25, -0.2) is 0 Å². The van der Waals surface area contributed by atoms with Crippen molar-refractivity contribution >= 4 is 11.3 Å². The number of nitrogen functional groups attached to an aromatic ring is 1. The molecule has 0 fully saturated rings. The molecule has 4 heteroatoms. The van der Waals surface area contributed by atoms with Gasteiger partial charge in [-0.2, -0.15) is 0 Å². The van der Waals surface area contributed by atoms with Gasteiger partial charge in [0.2, 0.25) is 0 Å². The van der Waals surface area contributed by atoms with Crippen LogP contribution in [0.1, 0.15) is 58.1 Å². The third kappa shape index (κ3) is 9.46. The zero-order valence-electron chi connectivity index (χ0n) is 19.7. The standard InChI is InChI=1S/C15H24N2.C10H13NO.C2H2/c1-4-6-12-15(16,17-13(3)5-2)14-10-8-7-9-11-14;1-7(2)8-4-5-9(11)10(6-8)12-3;1-2/h5,7-11,17H,4,6,12,16H2,1-3H3;4-6H,1,11H2,2-3H3;1-2H/b13-5+;;. The maximum Gasteiger partial charge on any atom is 0.142 e. The van der Waals surface area contributed by atoms with Crippen LogP contribution in [0.15, 0.2) is 66.9 Å². The van der Waals surface area contributed by atoms with Crippen molar-refractivity contribution in [1.29, 1.82) is 0 Å². The summed E-state index contributed by atoms with van der Waals surface area (Å²) in [6.07, 6.45) is 13.3. The van der Waals surface area contributed by atoms with Crippen molar-refractivity contribution in [2.24, 2.45) is 5.73 Å². The van der Waals surface area contributed by atoms with Crippen molar-refractivity contribution in [2.45, 2.75) is 52.6 Å². The quantitative estimate of drug-likeness (QED) is 0.275. The second-order valence-electron chi connectivity index (χ2n) is 7.27. The molecule has 2 aromatic rings. The Morgan fingerprint density at radius 3 is 2.26 bits per heavy atom. The summed E-state index contributed by atoms with van der Waals surface area (Å²) in [5.74, 6) is 0.704. The summed E-state index contributed by atoms with van der Waals surface area (Å²) in [6.45, 7) is 12.0. The first-order valence-corrected chi connectivity index (χ1v) is 10.5. The van der Waals surface area contributed by atoms with Crippen molar-refractivity contribution in [3.05, 3.63) is 78.0 Å². The molecule has 0 spiro atoms. The van der Waals surface area contributed by atoms with Crippen LogP contribution < -0.4 is 21.5 Å². The Bertz CT molecular complexity index is 840. The fraction of sp³-hybridized carbons (Fsp3) is 0.333. The van der Waals surface area contributed by atoms with E-state index in [0.717, 1.165) is 41.7 Å². The van der Waals surface area contributed by atoms with E-state index in [-0.39, 0.29) is 0 Å². The number of benzene rings is 2. The highest BCUT2D eigenvalue weighted by molar-refractivity contribution is 5.67. The molecule has 0 aromatic heterocycles. The van der Waals surface area contributed by atoms with Crippen LogP contribution in [0.25, 0.3) is 5.57 Å². The van der Waals surface area contributed by atoms with Crippen molar-refractivity contribution in [3.8, 4) is 18.6 Å². The monoisotopic (exact) mass is 421 g/mol. The highest BCUT2D eigenvalue weighted by Crippen LogP contribution is 2.25. The average Bonchev–Trinajstić information content (AvgIpc) is 2.80. The molecule has 0 aliphatic carbocycles. The van der Waals surface area contributed by atoms with Crippen LogP contribution in [-0.2, 0) is 5.66 Å². The summed E-state index contributed by atoms with van der Waals surface area (Å²) < 4.78 is 5.07. The van der Waals surface area contributed by atoms with Gasteiger partial charge < -0.3 is 21.5 Å². The molecule has 2 aromatic carbocycles. The Morgan fingerprint density at radius 2 is 1.77 bits per heavy atom. The van der Waals surface area contributed by atoms with Gasteiger partial charge in [0.25, 0.3) is 0 Å². The smallest absolute Gasteiger partial charge is 0.142 e. The Balaban J connectivity index is 0.000000564. The third-order valence-electron chi connectivity index (χ3n) is 4.79. The highest BCUT2D eigenvalue weighted by Gasteiger charge is 2.25. The molecule has 0 saturated heterocycles. The predicted molar refractivity (Wildman–Crippen MR) is 136 cm³/mol. The molecule has 168 valence electrons. The molecule has 1 atom stereocenters. The number of terminal acetylenes is 1. The van der Waals surface area contributed by atoms with Gasteiger partial charge in [-0.3, -0.25) is 0 Å². The van der Waals surface area contributed by atoms with E-state index in [2.05, 4.69) is 56.8 Å². The highest BCUT2D eigenvalue weighted by atomic mass is 16.5. The van der Waals surface area contributed by atoms with Crippen LogP contribution in [0.5, 0.6) is 5.75 Å². The molecule has 31 heavy (non-hydrogen) atoms. The van der Waals surface area contributed by atoms with Gasteiger partial charge in [0.05, 0.1) is 12.8 Å². The van der Waals surface area contributed by atoms with E-state index in [1.165, 1.54) is 0 Å². The lowest BCUT2D eigenvalue weighted by molar-refractivity contribution is 0.339. The van der Waals surface area contributed by atoms with E-state index >= 15 is 0 Å². The van der Waals surface area contributed by atoms with Crippen LogP contribution in [0.2, 0.25) is 0 Å².